The van der Waals surface area contributed by atoms with Crippen molar-refractivity contribution in [2.75, 3.05) is 0 Å². The Kier molecular flexibility index (Phi) is 2.60. The maximum absolute atomic E-state index is 4.16. The van der Waals surface area contributed by atoms with Gasteiger partial charge in [0.1, 0.15) is 0 Å². The van der Waals surface area contributed by atoms with Crippen LogP contribution in [0.25, 0.3) is 20.9 Å². The fourth-order valence-corrected chi connectivity index (χ4v) is 3.79. The highest BCUT2D eigenvalue weighted by Crippen LogP contribution is 2.36. The molecule has 2 aromatic carbocycles. The number of hydrogen-bond acceptors (Lipinski definition) is 2. The van der Waals surface area contributed by atoms with Gasteiger partial charge in [0.05, 0.1) is 12.4 Å². The van der Waals surface area contributed by atoms with Gasteiger partial charge in [-0.3, -0.25) is 0 Å². The summed E-state index contributed by atoms with van der Waals surface area (Å²) in [5, 5.41) is 6.19. The van der Waals surface area contributed by atoms with Crippen molar-refractivity contribution in [2.24, 2.45) is 0 Å². The van der Waals surface area contributed by atoms with E-state index in [1.807, 2.05) is 30.1 Å². The Morgan fingerprint density at radius 2 is 2.05 bits per heavy atom. The zero-order valence-electron chi connectivity index (χ0n) is 11.2. The molecule has 2 aromatic heterocycles. The van der Waals surface area contributed by atoms with Crippen LogP contribution in [0.1, 0.15) is 18.5 Å². The first-order chi connectivity index (χ1) is 9.84. The molecule has 0 aliphatic rings. The van der Waals surface area contributed by atoms with Gasteiger partial charge >= 0.3 is 0 Å². The Labute approximate surface area is 121 Å². The van der Waals surface area contributed by atoms with E-state index in [0.717, 1.165) is 0 Å². The molecule has 0 saturated carbocycles. The van der Waals surface area contributed by atoms with E-state index < -0.39 is 0 Å². The first kappa shape index (κ1) is 11.7. The third-order valence-electron chi connectivity index (χ3n) is 3.91. The third kappa shape index (κ3) is 1.67. The van der Waals surface area contributed by atoms with Crippen LogP contribution in [-0.4, -0.2) is 9.55 Å². The van der Waals surface area contributed by atoms with Crippen LogP contribution in [0.3, 0.4) is 0 Å². The number of benzene rings is 2. The molecule has 3 heteroatoms. The van der Waals surface area contributed by atoms with Crippen molar-refractivity contribution in [1.29, 1.82) is 0 Å². The van der Waals surface area contributed by atoms with E-state index in [2.05, 4.69) is 58.3 Å². The Morgan fingerprint density at radius 3 is 2.90 bits per heavy atom. The number of imidazole rings is 1. The highest BCUT2D eigenvalue weighted by Gasteiger charge is 2.14. The van der Waals surface area contributed by atoms with E-state index >= 15 is 0 Å². The number of thiophene rings is 1. The molecule has 2 heterocycles. The van der Waals surface area contributed by atoms with Gasteiger partial charge in [0.25, 0.3) is 0 Å². The summed E-state index contributed by atoms with van der Waals surface area (Å²) < 4.78 is 3.53. The van der Waals surface area contributed by atoms with Gasteiger partial charge < -0.3 is 4.57 Å². The van der Waals surface area contributed by atoms with E-state index in [0.29, 0.717) is 6.04 Å². The van der Waals surface area contributed by atoms with Crippen molar-refractivity contribution < 1.29 is 0 Å². The molecule has 2 nitrogen and oxygen atoms in total. The third-order valence-corrected chi connectivity index (χ3v) is 4.86. The quantitative estimate of drug-likeness (QED) is 0.512. The van der Waals surface area contributed by atoms with Crippen LogP contribution >= 0.6 is 11.3 Å². The van der Waals surface area contributed by atoms with Gasteiger partial charge in [0, 0.05) is 17.1 Å². The molecule has 4 aromatic rings. The van der Waals surface area contributed by atoms with Crippen molar-refractivity contribution >= 4 is 32.2 Å². The Bertz CT molecular complexity index is 874. The number of fused-ring (bicyclic) bond motifs is 3. The summed E-state index contributed by atoms with van der Waals surface area (Å²) in [7, 11) is 0. The number of hydrogen-bond donors (Lipinski definition) is 0. The van der Waals surface area contributed by atoms with Crippen LogP contribution in [0, 0.1) is 0 Å². The van der Waals surface area contributed by atoms with Crippen molar-refractivity contribution in [1.82, 2.24) is 9.55 Å². The Balaban J connectivity index is 2.04. The summed E-state index contributed by atoms with van der Waals surface area (Å²) in [6.45, 7) is 2.23. The first-order valence-corrected chi connectivity index (χ1v) is 7.59. The zero-order chi connectivity index (χ0) is 13.5. The summed E-state index contributed by atoms with van der Waals surface area (Å²) in [6.07, 6.45) is 5.75. The van der Waals surface area contributed by atoms with Crippen LogP contribution in [0.4, 0.5) is 0 Å². The highest BCUT2D eigenvalue weighted by molar-refractivity contribution is 7.18. The molecule has 0 amide bonds. The molecule has 0 radical (unpaired) electrons. The minimum Gasteiger partial charge on any atom is -0.330 e. The van der Waals surface area contributed by atoms with Gasteiger partial charge in [-0.25, -0.2) is 4.98 Å². The van der Waals surface area contributed by atoms with Crippen LogP contribution in [0.5, 0.6) is 0 Å². The predicted molar refractivity (Wildman–Crippen MR) is 85.4 cm³/mol. The lowest BCUT2D eigenvalue weighted by Gasteiger charge is -2.16. The van der Waals surface area contributed by atoms with E-state index in [1.165, 1.54) is 26.4 Å². The van der Waals surface area contributed by atoms with Gasteiger partial charge in [-0.15, -0.1) is 11.3 Å². The maximum Gasteiger partial charge on any atom is 0.0951 e. The average molecular weight is 278 g/mol. The minimum atomic E-state index is 0.291. The number of nitrogens with zero attached hydrogens (tertiary/aromatic N) is 2. The molecule has 0 saturated heterocycles. The highest BCUT2D eigenvalue weighted by atomic mass is 32.1. The largest absolute Gasteiger partial charge is 0.330 e. The molecule has 98 valence electrons. The minimum absolute atomic E-state index is 0.291. The molecular formula is C17H14N2S. The topological polar surface area (TPSA) is 17.8 Å². The van der Waals surface area contributed by atoms with E-state index in [9.17, 15) is 0 Å². The van der Waals surface area contributed by atoms with Gasteiger partial charge in [-0.2, -0.15) is 0 Å². The number of aromatic nitrogens is 2. The average Bonchev–Trinajstić information content (AvgIpc) is 3.16. The summed E-state index contributed by atoms with van der Waals surface area (Å²) in [6, 6.07) is 13.5. The van der Waals surface area contributed by atoms with Crippen molar-refractivity contribution in [3.63, 3.8) is 0 Å². The lowest BCUT2D eigenvalue weighted by atomic mass is 9.99. The summed E-state index contributed by atoms with van der Waals surface area (Å²) in [5.74, 6) is 0. The fraction of sp³-hybridized carbons (Fsp3) is 0.118. The molecule has 0 aliphatic heterocycles. The fourth-order valence-electron chi connectivity index (χ4n) is 2.82. The molecule has 0 spiro atoms. The molecule has 0 aliphatic carbocycles. The molecule has 4 rings (SSSR count). The van der Waals surface area contributed by atoms with E-state index in [4.69, 9.17) is 0 Å². The zero-order valence-corrected chi connectivity index (χ0v) is 12.0. The molecule has 0 N–H and O–H groups in total. The van der Waals surface area contributed by atoms with Gasteiger partial charge in [-0.05, 0) is 46.2 Å². The second-order valence-electron chi connectivity index (χ2n) is 5.04. The van der Waals surface area contributed by atoms with E-state index in [1.54, 1.807) is 0 Å². The Morgan fingerprint density at radius 1 is 1.15 bits per heavy atom. The number of rotatable bonds is 2. The van der Waals surface area contributed by atoms with Crippen LogP contribution in [0.2, 0.25) is 0 Å². The SMILES string of the molecule is CC(c1cc2ccccc2c2sccc12)n1ccnc1. The van der Waals surface area contributed by atoms with Crippen molar-refractivity contribution in [3.8, 4) is 0 Å². The maximum atomic E-state index is 4.16. The van der Waals surface area contributed by atoms with Gasteiger partial charge in [-0.1, -0.05) is 24.3 Å². The second-order valence-corrected chi connectivity index (χ2v) is 5.95. The molecule has 0 fully saturated rings. The molecular weight excluding hydrogens is 264 g/mol. The lowest BCUT2D eigenvalue weighted by Crippen LogP contribution is -2.04. The summed E-state index contributed by atoms with van der Waals surface area (Å²) in [4.78, 5) is 4.16. The van der Waals surface area contributed by atoms with E-state index in [-0.39, 0.29) is 0 Å². The van der Waals surface area contributed by atoms with Crippen molar-refractivity contribution in [2.45, 2.75) is 13.0 Å². The molecule has 1 unspecified atom stereocenters. The van der Waals surface area contributed by atoms with Crippen LogP contribution in [0.15, 0.2) is 60.5 Å². The monoisotopic (exact) mass is 278 g/mol. The molecule has 0 bridgehead atoms. The van der Waals surface area contributed by atoms with Crippen LogP contribution < -0.4 is 0 Å². The van der Waals surface area contributed by atoms with Gasteiger partial charge in [0.2, 0.25) is 0 Å². The first-order valence-electron chi connectivity index (χ1n) is 6.71. The van der Waals surface area contributed by atoms with Gasteiger partial charge in [0.15, 0.2) is 0 Å². The van der Waals surface area contributed by atoms with Crippen molar-refractivity contribution in [3.05, 3.63) is 66.1 Å². The second kappa shape index (κ2) is 4.46. The lowest BCUT2D eigenvalue weighted by molar-refractivity contribution is 0.644. The molecule has 1 atom stereocenters. The summed E-state index contributed by atoms with van der Waals surface area (Å²) >= 11 is 1.82. The normalized spacial score (nSPS) is 13.1. The Hall–Kier alpha value is -2.13. The molecule has 20 heavy (non-hydrogen) atoms. The smallest absolute Gasteiger partial charge is 0.0951 e. The summed E-state index contributed by atoms with van der Waals surface area (Å²) in [5.41, 5.74) is 1.36. The standard InChI is InChI=1S/C17H14N2S/c1-12(19-8-7-18-11-19)16-10-13-4-2-3-5-14(13)17-15(16)6-9-20-17/h2-12H,1H3. The predicted octanol–water partition coefficient (Wildman–Crippen LogP) is 4.86. The van der Waals surface area contributed by atoms with Crippen LogP contribution in [-0.2, 0) is 0 Å².